The maximum absolute atomic E-state index is 12.9. The van der Waals surface area contributed by atoms with E-state index in [1.165, 1.54) is 23.3 Å². The van der Waals surface area contributed by atoms with Gasteiger partial charge in [-0.05, 0) is 67.4 Å². The maximum atomic E-state index is 12.9. The first-order valence-electron chi connectivity index (χ1n) is 11.0. The van der Waals surface area contributed by atoms with E-state index in [2.05, 4.69) is 22.6 Å². The molecule has 0 aromatic heterocycles. The smallest absolute Gasteiger partial charge is 0.319 e. The molecule has 2 amide bonds. The number of hydrogen-bond acceptors (Lipinski definition) is 4. The van der Waals surface area contributed by atoms with Crippen molar-refractivity contribution < 1.29 is 13.2 Å². The van der Waals surface area contributed by atoms with Crippen LogP contribution < -0.4 is 10.6 Å². The fourth-order valence-electron chi connectivity index (χ4n) is 4.06. The minimum absolute atomic E-state index is 0.0503. The van der Waals surface area contributed by atoms with Crippen molar-refractivity contribution in [3.05, 3.63) is 94.5 Å². The van der Waals surface area contributed by atoms with Crippen molar-refractivity contribution in [2.24, 2.45) is 0 Å². The number of benzene rings is 3. The summed E-state index contributed by atoms with van der Waals surface area (Å²) in [5.41, 5.74) is 5.93. The minimum atomic E-state index is -3.49. The van der Waals surface area contributed by atoms with Crippen molar-refractivity contribution >= 4 is 21.6 Å². The number of nitrogens with zero attached hydrogens (tertiary/aromatic N) is 1. The molecule has 0 radical (unpaired) electrons. The Hall–Kier alpha value is -3.16. The molecule has 1 aliphatic heterocycles. The molecule has 2 N–H and O–H groups in total. The third-order valence-electron chi connectivity index (χ3n) is 5.90. The molecule has 0 saturated carbocycles. The van der Waals surface area contributed by atoms with Crippen molar-refractivity contribution in [1.82, 2.24) is 10.2 Å². The highest BCUT2D eigenvalue weighted by Crippen LogP contribution is 2.25. The summed E-state index contributed by atoms with van der Waals surface area (Å²) in [6.45, 7) is 5.67. The molecule has 0 aliphatic carbocycles. The lowest BCUT2D eigenvalue weighted by molar-refractivity contribution is 0.249. The number of sulfone groups is 1. The predicted molar refractivity (Wildman–Crippen MR) is 131 cm³/mol. The number of aryl methyl sites for hydroxylation is 1. The molecular formula is C26H29N3O3S. The molecule has 1 aliphatic rings. The number of amides is 2. The van der Waals surface area contributed by atoms with Crippen LogP contribution in [0.5, 0.6) is 0 Å². The number of carbonyl (C=O) groups excluding carboxylic acids is 1. The number of fused-ring (bicyclic) bond motifs is 1. The number of rotatable bonds is 6. The lowest BCUT2D eigenvalue weighted by Gasteiger charge is -2.15. The maximum Gasteiger partial charge on any atom is 0.319 e. The largest absolute Gasteiger partial charge is 0.331 e. The second kappa shape index (κ2) is 9.37. The van der Waals surface area contributed by atoms with Crippen molar-refractivity contribution in [1.29, 1.82) is 0 Å². The summed E-state index contributed by atoms with van der Waals surface area (Å²) in [5, 5.41) is 5.66. The average molecular weight is 464 g/mol. The fraction of sp³-hybridized carbons (Fsp3) is 0.269. The van der Waals surface area contributed by atoms with Gasteiger partial charge in [0.05, 0.1) is 16.7 Å². The van der Waals surface area contributed by atoms with Gasteiger partial charge in [-0.3, -0.25) is 4.90 Å². The van der Waals surface area contributed by atoms with Gasteiger partial charge in [-0.25, -0.2) is 13.2 Å². The SMILES string of the molecule is Cc1ccc(C(C)NC(=O)Nc2ccc(S(=O)(=O)Cc3ccc4c(c3)CN(C)C4)cc2)cc1. The summed E-state index contributed by atoms with van der Waals surface area (Å²) < 4.78 is 25.8. The molecule has 0 fully saturated rings. The van der Waals surface area contributed by atoms with Gasteiger partial charge in [0, 0.05) is 18.8 Å². The van der Waals surface area contributed by atoms with Gasteiger partial charge in [0.15, 0.2) is 9.84 Å². The normalized spacial score (nSPS) is 14.5. The Morgan fingerprint density at radius 1 is 0.970 bits per heavy atom. The molecule has 3 aromatic carbocycles. The van der Waals surface area contributed by atoms with Crippen LogP contribution in [-0.2, 0) is 28.7 Å². The van der Waals surface area contributed by atoms with E-state index in [4.69, 9.17) is 0 Å². The van der Waals surface area contributed by atoms with E-state index >= 15 is 0 Å². The van der Waals surface area contributed by atoms with Crippen LogP contribution in [0.15, 0.2) is 71.6 Å². The second-order valence-corrected chi connectivity index (χ2v) is 10.8. The Bertz CT molecular complexity index is 1250. The predicted octanol–water partition coefficient (Wildman–Crippen LogP) is 4.80. The highest BCUT2D eigenvalue weighted by atomic mass is 32.2. The van der Waals surface area contributed by atoms with Crippen molar-refractivity contribution in [3.63, 3.8) is 0 Å². The summed E-state index contributed by atoms with van der Waals surface area (Å²) >= 11 is 0. The van der Waals surface area contributed by atoms with E-state index in [1.54, 1.807) is 12.1 Å². The zero-order valence-electron chi connectivity index (χ0n) is 19.1. The molecule has 1 heterocycles. The molecule has 33 heavy (non-hydrogen) atoms. The monoisotopic (exact) mass is 463 g/mol. The summed E-state index contributed by atoms with van der Waals surface area (Å²) in [6.07, 6.45) is 0. The van der Waals surface area contributed by atoms with E-state index in [0.29, 0.717) is 5.69 Å². The molecule has 7 heteroatoms. The standard InChI is InChI=1S/C26H29N3O3S/c1-18-4-7-21(8-5-18)19(2)27-26(30)28-24-10-12-25(13-11-24)33(31,32)17-20-6-9-22-15-29(3)16-23(22)14-20/h4-14,19H,15-17H2,1-3H3,(H2,27,28,30). The number of urea groups is 1. The highest BCUT2D eigenvalue weighted by Gasteiger charge is 2.19. The molecule has 0 saturated heterocycles. The lowest BCUT2D eigenvalue weighted by Crippen LogP contribution is -2.31. The van der Waals surface area contributed by atoms with Crippen LogP contribution in [0.25, 0.3) is 0 Å². The molecule has 1 unspecified atom stereocenters. The van der Waals surface area contributed by atoms with Gasteiger partial charge in [0.25, 0.3) is 0 Å². The molecule has 3 aromatic rings. The molecule has 0 bridgehead atoms. The van der Waals surface area contributed by atoms with Gasteiger partial charge in [-0.15, -0.1) is 0 Å². The van der Waals surface area contributed by atoms with E-state index in [9.17, 15) is 13.2 Å². The molecule has 172 valence electrons. The van der Waals surface area contributed by atoms with Crippen LogP contribution in [0.4, 0.5) is 10.5 Å². The number of carbonyl (C=O) groups is 1. The van der Waals surface area contributed by atoms with Crippen LogP contribution in [0.3, 0.4) is 0 Å². The van der Waals surface area contributed by atoms with Gasteiger partial charge in [-0.1, -0.05) is 48.0 Å². The lowest BCUT2D eigenvalue weighted by atomic mass is 10.1. The third-order valence-corrected chi connectivity index (χ3v) is 7.61. The molecule has 0 spiro atoms. The van der Waals surface area contributed by atoms with Crippen molar-refractivity contribution in [2.75, 3.05) is 12.4 Å². The van der Waals surface area contributed by atoms with Gasteiger partial charge in [0.2, 0.25) is 0 Å². The zero-order valence-corrected chi connectivity index (χ0v) is 19.9. The summed E-state index contributed by atoms with van der Waals surface area (Å²) in [6, 6.07) is 19.7. The minimum Gasteiger partial charge on any atom is -0.331 e. The average Bonchev–Trinajstić information content (AvgIpc) is 3.13. The Morgan fingerprint density at radius 2 is 1.64 bits per heavy atom. The molecule has 4 rings (SSSR count). The topological polar surface area (TPSA) is 78.5 Å². The van der Waals surface area contributed by atoms with Crippen LogP contribution >= 0.6 is 0 Å². The molecule has 1 atom stereocenters. The van der Waals surface area contributed by atoms with Crippen molar-refractivity contribution in [2.45, 2.75) is 43.6 Å². The first kappa shape index (κ1) is 23.0. The number of hydrogen-bond donors (Lipinski definition) is 2. The molecule has 6 nitrogen and oxygen atoms in total. The zero-order chi connectivity index (χ0) is 23.6. The van der Waals surface area contributed by atoms with Gasteiger partial charge < -0.3 is 10.6 Å². The Balaban J connectivity index is 1.37. The van der Waals surface area contributed by atoms with E-state index in [-0.39, 0.29) is 22.7 Å². The van der Waals surface area contributed by atoms with E-state index in [0.717, 1.165) is 29.8 Å². The van der Waals surface area contributed by atoms with Gasteiger partial charge in [0.1, 0.15) is 0 Å². The first-order chi connectivity index (χ1) is 15.7. The summed E-state index contributed by atoms with van der Waals surface area (Å²) in [5.74, 6) is -0.0503. The number of nitrogens with one attached hydrogen (secondary N) is 2. The van der Waals surface area contributed by atoms with Gasteiger partial charge >= 0.3 is 6.03 Å². The van der Waals surface area contributed by atoms with Gasteiger partial charge in [-0.2, -0.15) is 0 Å². The van der Waals surface area contributed by atoms with Crippen LogP contribution in [0.1, 0.15) is 40.8 Å². The number of anilines is 1. The molecular weight excluding hydrogens is 434 g/mol. The quantitative estimate of drug-likeness (QED) is 0.551. The Labute approximate surface area is 195 Å². The Kier molecular flexibility index (Phi) is 6.54. The highest BCUT2D eigenvalue weighted by molar-refractivity contribution is 7.90. The third kappa shape index (κ3) is 5.61. The van der Waals surface area contributed by atoms with Crippen LogP contribution in [0.2, 0.25) is 0 Å². The van der Waals surface area contributed by atoms with E-state index in [1.807, 2.05) is 56.3 Å². The summed E-state index contributed by atoms with van der Waals surface area (Å²) in [4.78, 5) is 14.8. The fourth-order valence-corrected chi connectivity index (χ4v) is 5.39. The second-order valence-electron chi connectivity index (χ2n) is 8.79. The van der Waals surface area contributed by atoms with Crippen LogP contribution in [0, 0.1) is 6.92 Å². The first-order valence-corrected chi connectivity index (χ1v) is 12.6. The van der Waals surface area contributed by atoms with E-state index < -0.39 is 9.84 Å². The Morgan fingerprint density at radius 3 is 2.33 bits per heavy atom. The summed E-state index contributed by atoms with van der Waals surface area (Å²) in [7, 11) is -1.44. The van der Waals surface area contributed by atoms with Crippen molar-refractivity contribution in [3.8, 4) is 0 Å². The van der Waals surface area contributed by atoms with Crippen LogP contribution in [-0.4, -0.2) is 26.4 Å².